The molecule has 0 spiro atoms. The maximum Gasteiger partial charge on any atom is 0.220 e. The van der Waals surface area contributed by atoms with E-state index in [0.717, 1.165) is 39.2 Å². The molecule has 1 fully saturated rings. The highest BCUT2D eigenvalue weighted by molar-refractivity contribution is 5.92. The van der Waals surface area contributed by atoms with Crippen LogP contribution in [0.5, 0.6) is 0 Å². The van der Waals surface area contributed by atoms with Gasteiger partial charge in [0.2, 0.25) is 5.91 Å². The van der Waals surface area contributed by atoms with Crippen LogP contribution in [-0.2, 0) is 17.9 Å². The molecule has 0 unspecified atom stereocenters. The van der Waals surface area contributed by atoms with Crippen LogP contribution < -0.4 is 5.32 Å². The number of furan rings is 1. The van der Waals surface area contributed by atoms with Gasteiger partial charge in [-0.05, 0) is 59.9 Å². The van der Waals surface area contributed by atoms with Crippen LogP contribution in [0.2, 0.25) is 0 Å². The average molecular weight is 412 g/mol. The van der Waals surface area contributed by atoms with Gasteiger partial charge in [-0.1, -0.05) is 24.3 Å². The predicted octanol–water partition coefficient (Wildman–Crippen LogP) is 5.01. The number of anilines is 1. The second kappa shape index (κ2) is 8.22. The molecule has 1 saturated carbocycles. The molecule has 0 atom stereocenters. The van der Waals surface area contributed by atoms with Gasteiger partial charge in [-0.15, -0.1) is 0 Å². The molecule has 2 heterocycles. The van der Waals surface area contributed by atoms with E-state index in [4.69, 9.17) is 4.42 Å². The van der Waals surface area contributed by atoms with E-state index >= 15 is 0 Å². The molecule has 1 amide bonds. The lowest BCUT2D eigenvalue weighted by atomic mass is 10.0. The van der Waals surface area contributed by atoms with Gasteiger partial charge in [0.25, 0.3) is 0 Å². The van der Waals surface area contributed by atoms with Crippen LogP contribution >= 0.6 is 0 Å². The quantitative estimate of drug-likeness (QED) is 0.462. The number of carbonyl (C=O) groups excluding carboxylic acids is 1. The van der Waals surface area contributed by atoms with Gasteiger partial charge in [-0.3, -0.25) is 4.79 Å². The molecule has 1 N–H and O–H groups in total. The summed E-state index contributed by atoms with van der Waals surface area (Å²) in [6, 6.07) is 18.8. The van der Waals surface area contributed by atoms with Crippen molar-refractivity contribution in [3.05, 3.63) is 78.5 Å². The van der Waals surface area contributed by atoms with E-state index in [9.17, 15) is 4.79 Å². The van der Waals surface area contributed by atoms with Gasteiger partial charge in [-0.2, -0.15) is 0 Å². The molecule has 1 aliphatic carbocycles. The van der Waals surface area contributed by atoms with Gasteiger partial charge >= 0.3 is 0 Å². The van der Waals surface area contributed by atoms with Crippen molar-refractivity contribution >= 4 is 22.6 Å². The maximum atomic E-state index is 12.2. The summed E-state index contributed by atoms with van der Waals surface area (Å²) in [5.74, 6) is 1.68. The van der Waals surface area contributed by atoms with Gasteiger partial charge in [0.15, 0.2) is 0 Å². The van der Waals surface area contributed by atoms with E-state index in [1.165, 1.54) is 12.8 Å². The molecule has 5 rings (SSSR count). The van der Waals surface area contributed by atoms with Crippen molar-refractivity contribution in [1.82, 2.24) is 14.9 Å². The van der Waals surface area contributed by atoms with Gasteiger partial charge in [0.05, 0.1) is 18.3 Å². The zero-order valence-electron chi connectivity index (χ0n) is 17.4. The van der Waals surface area contributed by atoms with Crippen LogP contribution in [0, 0.1) is 0 Å². The van der Waals surface area contributed by atoms with E-state index < -0.39 is 0 Å². The van der Waals surface area contributed by atoms with Crippen LogP contribution in [0.1, 0.15) is 31.1 Å². The molecule has 0 aliphatic heterocycles. The van der Waals surface area contributed by atoms with Crippen LogP contribution in [0.4, 0.5) is 5.82 Å². The first-order valence-corrected chi connectivity index (χ1v) is 10.5. The first kappa shape index (κ1) is 19.3. The fraction of sp³-hybridized carbons (Fsp3) is 0.240. The van der Waals surface area contributed by atoms with Crippen molar-refractivity contribution in [2.75, 3.05) is 5.32 Å². The van der Waals surface area contributed by atoms with Crippen molar-refractivity contribution in [1.29, 1.82) is 0 Å². The molecule has 156 valence electrons. The van der Waals surface area contributed by atoms with Gasteiger partial charge in [-0.25, -0.2) is 9.97 Å². The summed E-state index contributed by atoms with van der Waals surface area (Å²) in [5.41, 5.74) is 4.20. The summed E-state index contributed by atoms with van der Waals surface area (Å²) >= 11 is 0. The lowest BCUT2D eigenvalue weighted by Crippen LogP contribution is -2.27. The second-order valence-electron chi connectivity index (χ2n) is 8.03. The van der Waals surface area contributed by atoms with Crippen molar-refractivity contribution < 1.29 is 9.21 Å². The average Bonchev–Trinajstić information content (AvgIpc) is 3.45. The van der Waals surface area contributed by atoms with Crippen LogP contribution in [0.3, 0.4) is 0 Å². The third-order valence-corrected chi connectivity index (χ3v) is 5.56. The van der Waals surface area contributed by atoms with E-state index in [0.29, 0.717) is 19.1 Å². The molecule has 2 aromatic heterocycles. The Hall–Kier alpha value is -3.67. The summed E-state index contributed by atoms with van der Waals surface area (Å²) in [4.78, 5) is 22.8. The lowest BCUT2D eigenvalue weighted by molar-refractivity contribution is -0.130. The van der Waals surface area contributed by atoms with E-state index in [-0.39, 0.29) is 5.91 Å². The van der Waals surface area contributed by atoms with Crippen molar-refractivity contribution in [2.45, 2.75) is 38.9 Å². The standard InChI is InChI=1S/C25H24N4O2/c1-17(30)29(15-22-6-3-11-31-22)14-18-4-2-5-19(12-18)20-7-10-24-23(13-20)25(27-16-26-24)28-21-8-9-21/h2-7,10-13,16,21H,8-9,14-15H2,1H3,(H,26,27,28). The first-order chi connectivity index (χ1) is 15.2. The molecular weight excluding hydrogens is 388 g/mol. The van der Waals surface area contributed by atoms with Crippen molar-refractivity contribution in [3.63, 3.8) is 0 Å². The Morgan fingerprint density at radius 2 is 1.94 bits per heavy atom. The normalized spacial score (nSPS) is 13.3. The highest BCUT2D eigenvalue weighted by atomic mass is 16.3. The molecule has 0 bridgehead atoms. The largest absolute Gasteiger partial charge is 0.467 e. The number of amides is 1. The van der Waals surface area contributed by atoms with Crippen molar-refractivity contribution in [2.24, 2.45) is 0 Å². The third-order valence-electron chi connectivity index (χ3n) is 5.56. The molecule has 4 aromatic rings. The molecule has 0 radical (unpaired) electrons. The second-order valence-corrected chi connectivity index (χ2v) is 8.03. The minimum absolute atomic E-state index is 0.0143. The zero-order chi connectivity index (χ0) is 21.2. The van der Waals surface area contributed by atoms with Gasteiger partial charge in [0.1, 0.15) is 17.9 Å². The molecular formula is C25H24N4O2. The van der Waals surface area contributed by atoms with Crippen LogP contribution in [0.25, 0.3) is 22.0 Å². The summed E-state index contributed by atoms with van der Waals surface area (Å²) < 4.78 is 5.42. The predicted molar refractivity (Wildman–Crippen MR) is 120 cm³/mol. The summed E-state index contributed by atoms with van der Waals surface area (Å²) in [7, 11) is 0. The van der Waals surface area contributed by atoms with Crippen molar-refractivity contribution in [3.8, 4) is 11.1 Å². The maximum absolute atomic E-state index is 12.2. The number of nitrogens with zero attached hydrogens (tertiary/aromatic N) is 3. The van der Waals surface area contributed by atoms with E-state index in [2.05, 4.69) is 39.6 Å². The zero-order valence-corrected chi connectivity index (χ0v) is 17.4. The summed E-state index contributed by atoms with van der Waals surface area (Å²) in [6.07, 6.45) is 5.63. The van der Waals surface area contributed by atoms with Crippen LogP contribution in [-0.4, -0.2) is 26.8 Å². The highest BCUT2D eigenvalue weighted by Crippen LogP contribution is 2.31. The lowest BCUT2D eigenvalue weighted by Gasteiger charge is -2.20. The minimum Gasteiger partial charge on any atom is -0.467 e. The number of nitrogens with one attached hydrogen (secondary N) is 1. The summed E-state index contributed by atoms with van der Waals surface area (Å²) in [5, 5.41) is 4.53. The third kappa shape index (κ3) is 4.43. The van der Waals surface area contributed by atoms with E-state index in [1.54, 1.807) is 24.4 Å². The Labute approximate surface area is 180 Å². The number of benzene rings is 2. The molecule has 1 aliphatic rings. The Balaban J connectivity index is 1.42. The number of rotatable bonds is 7. The number of hydrogen-bond donors (Lipinski definition) is 1. The summed E-state index contributed by atoms with van der Waals surface area (Å²) in [6.45, 7) is 2.57. The monoisotopic (exact) mass is 412 g/mol. The molecule has 2 aromatic carbocycles. The molecule has 6 nitrogen and oxygen atoms in total. The Morgan fingerprint density at radius 1 is 1.06 bits per heavy atom. The van der Waals surface area contributed by atoms with Gasteiger partial charge in [0, 0.05) is 24.9 Å². The highest BCUT2D eigenvalue weighted by Gasteiger charge is 2.22. The SMILES string of the molecule is CC(=O)N(Cc1cccc(-c2ccc3ncnc(NC4CC4)c3c2)c1)Cc1ccco1. The van der Waals surface area contributed by atoms with E-state index in [1.807, 2.05) is 30.3 Å². The first-order valence-electron chi connectivity index (χ1n) is 10.5. The fourth-order valence-corrected chi connectivity index (χ4v) is 3.71. The Morgan fingerprint density at radius 3 is 2.71 bits per heavy atom. The minimum atomic E-state index is 0.0143. The van der Waals surface area contributed by atoms with Crippen LogP contribution in [0.15, 0.2) is 71.6 Å². The number of carbonyl (C=O) groups is 1. The number of hydrogen-bond acceptors (Lipinski definition) is 5. The van der Waals surface area contributed by atoms with Gasteiger partial charge < -0.3 is 14.6 Å². The smallest absolute Gasteiger partial charge is 0.220 e. The Bertz CT molecular complexity index is 1220. The molecule has 31 heavy (non-hydrogen) atoms. The fourth-order valence-electron chi connectivity index (χ4n) is 3.71. The Kier molecular flexibility index (Phi) is 5.12. The molecule has 0 saturated heterocycles. The number of aromatic nitrogens is 2. The number of fused-ring (bicyclic) bond motifs is 1. The topological polar surface area (TPSA) is 71.3 Å². The molecule has 6 heteroatoms.